The average Bonchev–Trinajstić information content (AvgIpc) is 3.07. The van der Waals surface area contributed by atoms with Crippen LogP contribution in [0.1, 0.15) is 45.2 Å². The molecule has 2 heterocycles. The van der Waals surface area contributed by atoms with Gasteiger partial charge in [0.1, 0.15) is 12.1 Å². The first-order valence-corrected chi connectivity index (χ1v) is 9.06. The van der Waals surface area contributed by atoms with Crippen LogP contribution in [0, 0.1) is 0 Å². The monoisotopic (exact) mass is 334 g/mol. The van der Waals surface area contributed by atoms with E-state index in [9.17, 15) is 0 Å². The summed E-state index contributed by atoms with van der Waals surface area (Å²) in [5.74, 6) is 1.67. The summed E-state index contributed by atoms with van der Waals surface area (Å²) in [4.78, 5) is 11.1. The Kier molecular flexibility index (Phi) is 7.91. The Morgan fingerprint density at radius 1 is 1.12 bits per heavy atom. The molecule has 7 nitrogen and oxygen atoms in total. The number of aliphatic hydroxyl groups is 1. The van der Waals surface area contributed by atoms with E-state index in [1.807, 2.05) is 4.52 Å². The third-order valence-corrected chi connectivity index (χ3v) is 4.22. The van der Waals surface area contributed by atoms with Crippen molar-refractivity contribution in [2.75, 3.05) is 37.7 Å². The second-order valence-electron chi connectivity index (χ2n) is 5.89. The Morgan fingerprint density at radius 2 is 1.92 bits per heavy atom. The van der Waals surface area contributed by atoms with E-state index in [1.54, 1.807) is 6.33 Å². The van der Waals surface area contributed by atoms with Crippen molar-refractivity contribution in [3.05, 3.63) is 18.1 Å². The molecule has 134 valence electrons. The van der Waals surface area contributed by atoms with Crippen molar-refractivity contribution in [2.45, 2.75) is 46.0 Å². The molecule has 0 aliphatic heterocycles. The van der Waals surface area contributed by atoms with Crippen LogP contribution in [0.25, 0.3) is 5.78 Å². The first-order valence-electron chi connectivity index (χ1n) is 9.06. The molecular formula is C17H30N6O. The van der Waals surface area contributed by atoms with E-state index in [0.717, 1.165) is 44.7 Å². The number of unbranched alkanes of at least 4 members (excludes halogenated alkanes) is 3. The number of hydrogen-bond acceptors (Lipinski definition) is 6. The number of aromatic nitrogens is 4. The third-order valence-electron chi connectivity index (χ3n) is 4.22. The lowest BCUT2D eigenvalue weighted by molar-refractivity contribution is 0.292. The van der Waals surface area contributed by atoms with Crippen molar-refractivity contribution in [3.8, 4) is 0 Å². The molecule has 24 heavy (non-hydrogen) atoms. The van der Waals surface area contributed by atoms with Crippen LogP contribution in [0.2, 0.25) is 0 Å². The van der Waals surface area contributed by atoms with E-state index in [1.165, 1.54) is 18.5 Å². The van der Waals surface area contributed by atoms with Gasteiger partial charge in [-0.2, -0.15) is 15.1 Å². The lowest BCUT2D eigenvalue weighted by Crippen LogP contribution is -2.23. The van der Waals surface area contributed by atoms with Crippen molar-refractivity contribution >= 4 is 11.6 Å². The standard InChI is InChI=1S/C17H30N6O/c1-3-22(4-2)16-13-15(23-17(21-16)19-14-20-23)9-7-5-6-8-10-18-11-12-24/h13-14,18,24H,3-12H2,1-2H3. The molecule has 0 unspecified atom stereocenters. The molecule has 0 aliphatic carbocycles. The number of hydrogen-bond donors (Lipinski definition) is 2. The summed E-state index contributed by atoms with van der Waals surface area (Å²) in [5, 5.41) is 16.2. The van der Waals surface area contributed by atoms with Crippen molar-refractivity contribution in [1.82, 2.24) is 24.9 Å². The highest BCUT2D eigenvalue weighted by Crippen LogP contribution is 2.16. The number of aliphatic hydroxyl groups excluding tert-OH is 1. The Morgan fingerprint density at radius 3 is 2.67 bits per heavy atom. The van der Waals surface area contributed by atoms with Crippen LogP contribution in [0.4, 0.5) is 5.82 Å². The highest BCUT2D eigenvalue weighted by atomic mass is 16.3. The van der Waals surface area contributed by atoms with Crippen molar-refractivity contribution in [1.29, 1.82) is 0 Å². The van der Waals surface area contributed by atoms with E-state index in [-0.39, 0.29) is 6.61 Å². The van der Waals surface area contributed by atoms with Crippen LogP contribution in [0.5, 0.6) is 0 Å². The molecule has 0 fully saturated rings. The molecule has 0 atom stereocenters. The summed E-state index contributed by atoms with van der Waals surface area (Å²) in [6.45, 7) is 8.05. The van der Waals surface area contributed by atoms with Gasteiger partial charge in [0.05, 0.1) is 6.61 Å². The quantitative estimate of drug-likeness (QED) is 0.575. The smallest absolute Gasteiger partial charge is 0.254 e. The molecule has 2 aromatic heterocycles. The summed E-state index contributed by atoms with van der Waals surface area (Å²) in [6.07, 6.45) is 7.24. The van der Waals surface area contributed by atoms with Gasteiger partial charge in [-0.15, -0.1) is 0 Å². The Bertz CT molecular complexity index is 596. The SMILES string of the molecule is CCN(CC)c1cc(CCCCCCNCCO)n2ncnc2n1. The fourth-order valence-electron chi connectivity index (χ4n) is 2.86. The molecule has 0 aliphatic rings. The van der Waals surface area contributed by atoms with Crippen LogP contribution < -0.4 is 10.2 Å². The molecule has 0 spiro atoms. The molecule has 2 aromatic rings. The normalized spacial score (nSPS) is 11.3. The third kappa shape index (κ3) is 5.14. The average molecular weight is 334 g/mol. The van der Waals surface area contributed by atoms with Crippen LogP contribution in [-0.4, -0.2) is 57.5 Å². The fraction of sp³-hybridized carbons (Fsp3) is 0.706. The minimum atomic E-state index is 0.213. The molecule has 2 rings (SSSR count). The van der Waals surface area contributed by atoms with Crippen molar-refractivity contribution in [2.24, 2.45) is 0 Å². The molecule has 2 N–H and O–H groups in total. The first-order chi connectivity index (χ1) is 11.8. The highest BCUT2D eigenvalue weighted by molar-refractivity contribution is 5.46. The van der Waals surface area contributed by atoms with Gasteiger partial charge in [0, 0.05) is 31.4 Å². The highest BCUT2D eigenvalue weighted by Gasteiger charge is 2.11. The Labute approximate surface area is 144 Å². The maximum Gasteiger partial charge on any atom is 0.254 e. The molecule has 0 amide bonds. The fourth-order valence-corrected chi connectivity index (χ4v) is 2.86. The van der Waals surface area contributed by atoms with Gasteiger partial charge in [0.2, 0.25) is 0 Å². The molecule has 0 saturated carbocycles. The van der Waals surface area contributed by atoms with Crippen LogP contribution in [0.3, 0.4) is 0 Å². The summed E-state index contributed by atoms with van der Waals surface area (Å²) < 4.78 is 1.86. The number of anilines is 1. The van der Waals surface area contributed by atoms with Gasteiger partial charge in [0.25, 0.3) is 5.78 Å². The lowest BCUT2D eigenvalue weighted by Gasteiger charge is -2.20. The van der Waals surface area contributed by atoms with Gasteiger partial charge in [-0.3, -0.25) is 0 Å². The zero-order chi connectivity index (χ0) is 17.2. The minimum Gasteiger partial charge on any atom is -0.395 e. The molecule has 0 saturated heterocycles. The molecule has 7 heteroatoms. The number of fused-ring (bicyclic) bond motifs is 1. The van der Waals surface area contributed by atoms with Gasteiger partial charge in [-0.05, 0) is 39.7 Å². The van der Waals surface area contributed by atoms with Crippen LogP contribution >= 0.6 is 0 Å². The Hall–Kier alpha value is -1.73. The maximum absolute atomic E-state index is 8.71. The minimum absolute atomic E-state index is 0.213. The number of rotatable bonds is 12. The van der Waals surface area contributed by atoms with Gasteiger partial charge < -0.3 is 15.3 Å². The van der Waals surface area contributed by atoms with Crippen LogP contribution in [0.15, 0.2) is 12.4 Å². The summed E-state index contributed by atoms with van der Waals surface area (Å²) in [5.41, 5.74) is 1.18. The van der Waals surface area contributed by atoms with Crippen LogP contribution in [-0.2, 0) is 6.42 Å². The van der Waals surface area contributed by atoms with Gasteiger partial charge in [0.15, 0.2) is 0 Å². The van der Waals surface area contributed by atoms with E-state index >= 15 is 0 Å². The second-order valence-corrected chi connectivity index (χ2v) is 5.89. The molecule has 0 aromatic carbocycles. The summed E-state index contributed by atoms with van der Waals surface area (Å²) >= 11 is 0. The Balaban J connectivity index is 1.89. The summed E-state index contributed by atoms with van der Waals surface area (Å²) in [6, 6.07) is 2.15. The predicted octanol–water partition coefficient (Wildman–Crippen LogP) is 1.66. The predicted molar refractivity (Wildman–Crippen MR) is 96.5 cm³/mol. The van der Waals surface area contributed by atoms with Crippen molar-refractivity contribution < 1.29 is 5.11 Å². The molecule has 0 radical (unpaired) electrons. The maximum atomic E-state index is 8.71. The zero-order valence-corrected chi connectivity index (χ0v) is 14.9. The largest absolute Gasteiger partial charge is 0.395 e. The molecular weight excluding hydrogens is 304 g/mol. The second kappa shape index (κ2) is 10.2. The van der Waals surface area contributed by atoms with E-state index in [2.05, 4.69) is 45.2 Å². The molecule has 0 bridgehead atoms. The van der Waals surface area contributed by atoms with E-state index in [4.69, 9.17) is 5.11 Å². The first kappa shape index (κ1) is 18.6. The van der Waals surface area contributed by atoms with Gasteiger partial charge in [-0.1, -0.05) is 12.8 Å². The topological polar surface area (TPSA) is 78.6 Å². The number of nitrogens with zero attached hydrogens (tertiary/aromatic N) is 5. The lowest BCUT2D eigenvalue weighted by atomic mass is 10.1. The van der Waals surface area contributed by atoms with Gasteiger partial charge in [-0.25, -0.2) is 4.52 Å². The zero-order valence-electron chi connectivity index (χ0n) is 14.9. The van der Waals surface area contributed by atoms with Gasteiger partial charge >= 0.3 is 0 Å². The van der Waals surface area contributed by atoms with E-state index < -0.39 is 0 Å². The summed E-state index contributed by atoms with van der Waals surface area (Å²) in [7, 11) is 0. The van der Waals surface area contributed by atoms with E-state index in [0.29, 0.717) is 12.3 Å². The number of aryl methyl sites for hydroxylation is 1. The number of nitrogens with one attached hydrogen (secondary N) is 1. The van der Waals surface area contributed by atoms with Crippen molar-refractivity contribution in [3.63, 3.8) is 0 Å².